The van der Waals surface area contributed by atoms with Crippen LogP contribution in [0, 0.1) is 6.92 Å². The van der Waals surface area contributed by atoms with Crippen LogP contribution >= 0.6 is 0 Å². The highest BCUT2D eigenvalue weighted by molar-refractivity contribution is 5.20. The lowest BCUT2D eigenvalue weighted by Gasteiger charge is -2.20. The fourth-order valence-electron chi connectivity index (χ4n) is 1.24. The first-order valence-corrected chi connectivity index (χ1v) is 3.96. The average Bonchev–Trinajstić information content (AvgIpc) is 2.28. The number of hydrogen-bond donors (Lipinski definition) is 1. The summed E-state index contributed by atoms with van der Waals surface area (Å²) in [5.74, 6) is -2.92. The number of aryl methyl sites for hydroxylation is 2. The molecule has 13 heavy (non-hydrogen) atoms. The van der Waals surface area contributed by atoms with Crippen LogP contribution in [0.2, 0.25) is 0 Å². The van der Waals surface area contributed by atoms with E-state index >= 15 is 0 Å². The van der Waals surface area contributed by atoms with Gasteiger partial charge in [0.15, 0.2) is 0 Å². The third-order valence-electron chi connectivity index (χ3n) is 2.02. The quantitative estimate of drug-likeness (QED) is 0.763. The zero-order chi connectivity index (χ0) is 10.2. The van der Waals surface area contributed by atoms with Gasteiger partial charge in [-0.1, -0.05) is 0 Å². The van der Waals surface area contributed by atoms with Crippen molar-refractivity contribution in [1.29, 1.82) is 0 Å². The number of alkyl halides is 2. The summed E-state index contributed by atoms with van der Waals surface area (Å²) >= 11 is 0. The molecule has 0 aromatic carbocycles. The first kappa shape index (κ1) is 10.1. The second-order valence-corrected chi connectivity index (χ2v) is 3.27. The summed E-state index contributed by atoms with van der Waals surface area (Å²) in [6.07, 6.45) is 1.53. The van der Waals surface area contributed by atoms with Crippen molar-refractivity contribution in [2.45, 2.75) is 25.8 Å². The van der Waals surface area contributed by atoms with Gasteiger partial charge in [-0.15, -0.1) is 0 Å². The first-order chi connectivity index (χ1) is 5.84. The molecule has 1 unspecified atom stereocenters. The van der Waals surface area contributed by atoms with E-state index in [1.807, 2.05) is 0 Å². The van der Waals surface area contributed by atoms with Crippen molar-refractivity contribution in [3.63, 3.8) is 0 Å². The lowest BCUT2D eigenvalue weighted by molar-refractivity contribution is -0.00876. The Balaban J connectivity index is 3.08. The van der Waals surface area contributed by atoms with Crippen LogP contribution < -0.4 is 5.73 Å². The maximum absolute atomic E-state index is 12.9. The molecule has 74 valence electrons. The molecule has 0 aliphatic rings. The van der Waals surface area contributed by atoms with Crippen molar-refractivity contribution in [3.05, 3.63) is 17.5 Å². The third kappa shape index (κ3) is 1.85. The van der Waals surface area contributed by atoms with Crippen LogP contribution in [0.4, 0.5) is 8.78 Å². The van der Waals surface area contributed by atoms with Gasteiger partial charge >= 0.3 is 0 Å². The molecular formula is C8H13F2N3. The summed E-state index contributed by atoms with van der Waals surface area (Å²) in [6.45, 7) is 2.53. The highest BCUT2D eigenvalue weighted by Gasteiger charge is 2.34. The summed E-state index contributed by atoms with van der Waals surface area (Å²) in [5, 5.41) is 3.85. The Hall–Kier alpha value is -0.970. The number of nitrogens with two attached hydrogens (primary N) is 1. The van der Waals surface area contributed by atoms with Crippen molar-refractivity contribution >= 4 is 0 Å². The second-order valence-electron chi connectivity index (χ2n) is 3.27. The molecule has 0 saturated carbocycles. The zero-order valence-corrected chi connectivity index (χ0v) is 7.88. The standard InChI is InChI=1S/C8H13F2N3/c1-5-4-12-13(3)6(5)7(11)8(2,9)10/h4,7H,11H2,1-3H3. The monoisotopic (exact) mass is 189 g/mol. The predicted octanol–water partition coefficient (Wildman–Crippen LogP) is 1.38. The van der Waals surface area contributed by atoms with Crippen LogP contribution in [0.15, 0.2) is 6.20 Å². The van der Waals surface area contributed by atoms with Crippen molar-refractivity contribution in [2.75, 3.05) is 0 Å². The molecule has 5 heteroatoms. The lowest BCUT2D eigenvalue weighted by Crippen LogP contribution is -2.32. The normalized spacial score (nSPS) is 14.6. The maximum atomic E-state index is 12.9. The Morgan fingerprint density at radius 2 is 2.15 bits per heavy atom. The van der Waals surface area contributed by atoms with Crippen LogP contribution in [0.3, 0.4) is 0 Å². The Labute approximate surface area is 75.5 Å². The highest BCUT2D eigenvalue weighted by atomic mass is 19.3. The van der Waals surface area contributed by atoms with E-state index in [-0.39, 0.29) is 0 Å². The molecular weight excluding hydrogens is 176 g/mol. The van der Waals surface area contributed by atoms with Crippen molar-refractivity contribution < 1.29 is 8.78 Å². The Kier molecular flexibility index (Phi) is 2.38. The molecule has 0 bridgehead atoms. The summed E-state index contributed by atoms with van der Waals surface area (Å²) in [7, 11) is 1.61. The van der Waals surface area contributed by atoms with Gasteiger partial charge in [-0.2, -0.15) is 5.10 Å². The number of nitrogens with zero attached hydrogens (tertiary/aromatic N) is 2. The van der Waals surface area contributed by atoms with E-state index in [4.69, 9.17) is 5.73 Å². The van der Waals surface area contributed by atoms with Crippen molar-refractivity contribution in [2.24, 2.45) is 12.8 Å². The van der Waals surface area contributed by atoms with Crippen molar-refractivity contribution in [1.82, 2.24) is 9.78 Å². The van der Waals surface area contributed by atoms with E-state index in [1.54, 1.807) is 14.0 Å². The molecule has 1 aromatic heterocycles. The Morgan fingerprint density at radius 3 is 2.46 bits per heavy atom. The van der Waals surface area contributed by atoms with Crippen LogP contribution in [-0.4, -0.2) is 15.7 Å². The summed E-state index contributed by atoms with van der Waals surface area (Å²) < 4.78 is 27.1. The fraction of sp³-hybridized carbons (Fsp3) is 0.625. The topological polar surface area (TPSA) is 43.8 Å². The number of halogens is 2. The van der Waals surface area contributed by atoms with Crippen molar-refractivity contribution in [3.8, 4) is 0 Å². The molecule has 3 nitrogen and oxygen atoms in total. The predicted molar refractivity (Wildman–Crippen MR) is 45.5 cm³/mol. The molecule has 1 aromatic rings. The van der Waals surface area contributed by atoms with E-state index in [9.17, 15) is 8.78 Å². The minimum absolute atomic E-state index is 0.382. The molecule has 0 radical (unpaired) electrons. The smallest absolute Gasteiger partial charge is 0.265 e. The van der Waals surface area contributed by atoms with E-state index in [2.05, 4.69) is 5.10 Å². The Bertz CT molecular complexity index is 281. The van der Waals surface area contributed by atoms with Gasteiger partial charge in [-0.3, -0.25) is 4.68 Å². The van der Waals surface area contributed by atoms with Crippen LogP contribution in [0.1, 0.15) is 24.2 Å². The van der Waals surface area contributed by atoms with Gasteiger partial charge < -0.3 is 5.73 Å². The van der Waals surface area contributed by atoms with Crippen LogP contribution in [0.5, 0.6) is 0 Å². The number of rotatable bonds is 2. The van der Waals surface area contributed by atoms with E-state index in [0.29, 0.717) is 11.3 Å². The highest BCUT2D eigenvalue weighted by Crippen LogP contribution is 2.29. The largest absolute Gasteiger partial charge is 0.318 e. The minimum Gasteiger partial charge on any atom is -0.318 e. The molecule has 1 heterocycles. The molecule has 0 fully saturated rings. The molecule has 0 saturated heterocycles. The van der Waals surface area contributed by atoms with Gasteiger partial charge in [0.2, 0.25) is 0 Å². The number of aromatic nitrogens is 2. The van der Waals surface area contributed by atoms with E-state index in [1.165, 1.54) is 10.9 Å². The molecule has 0 amide bonds. The van der Waals surface area contributed by atoms with Gasteiger partial charge in [-0.25, -0.2) is 8.78 Å². The van der Waals surface area contributed by atoms with Gasteiger partial charge in [0.25, 0.3) is 5.92 Å². The van der Waals surface area contributed by atoms with Crippen LogP contribution in [0.25, 0.3) is 0 Å². The molecule has 0 aliphatic carbocycles. The molecule has 2 N–H and O–H groups in total. The van der Waals surface area contributed by atoms with E-state index in [0.717, 1.165) is 6.92 Å². The minimum atomic E-state index is -2.92. The van der Waals surface area contributed by atoms with E-state index < -0.39 is 12.0 Å². The molecule has 1 rings (SSSR count). The molecule has 0 aliphatic heterocycles. The summed E-state index contributed by atoms with van der Waals surface area (Å²) in [5.41, 5.74) is 6.48. The SMILES string of the molecule is Cc1cnn(C)c1C(N)C(C)(F)F. The first-order valence-electron chi connectivity index (χ1n) is 3.96. The molecule has 0 spiro atoms. The number of hydrogen-bond acceptors (Lipinski definition) is 2. The molecule has 1 atom stereocenters. The lowest BCUT2D eigenvalue weighted by atomic mass is 10.1. The summed E-state index contributed by atoms with van der Waals surface area (Å²) in [6, 6.07) is -1.29. The third-order valence-corrected chi connectivity index (χ3v) is 2.02. The zero-order valence-electron chi connectivity index (χ0n) is 7.88. The van der Waals surface area contributed by atoms with Gasteiger partial charge in [-0.05, 0) is 12.5 Å². The Morgan fingerprint density at radius 1 is 1.62 bits per heavy atom. The maximum Gasteiger partial charge on any atom is 0.265 e. The van der Waals surface area contributed by atoms with Gasteiger partial charge in [0, 0.05) is 14.0 Å². The van der Waals surface area contributed by atoms with Gasteiger partial charge in [0.05, 0.1) is 11.9 Å². The second kappa shape index (κ2) is 3.06. The average molecular weight is 189 g/mol. The fourth-order valence-corrected chi connectivity index (χ4v) is 1.24. The van der Waals surface area contributed by atoms with Crippen LogP contribution in [-0.2, 0) is 7.05 Å². The van der Waals surface area contributed by atoms with Gasteiger partial charge in [0.1, 0.15) is 6.04 Å². The summed E-state index contributed by atoms with van der Waals surface area (Å²) in [4.78, 5) is 0.